The lowest BCUT2D eigenvalue weighted by Crippen LogP contribution is -2.53. The average molecular weight is 1340 g/mol. The largest absolute Gasteiger partial charge is 0.310 e. The number of nitrogens with zero attached hydrogens (tertiary/aromatic N) is 12. The minimum Gasteiger partial charge on any atom is -0.310 e. The number of hydrogen-bond donors (Lipinski definition) is 0. The van der Waals surface area contributed by atoms with Crippen LogP contribution in [-0.4, -0.2) is 285 Å². The molecule has 0 spiro atoms. The van der Waals surface area contributed by atoms with E-state index in [1.807, 2.05) is 0 Å². The lowest BCUT2D eigenvalue weighted by molar-refractivity contribution is -0.940. The molecule has 6 rings (SSSR count). The molecule has 0 aromatic carbocycles. The molecule has 0 radical (unpaired) electrons. The summed E-state index contributed by atoms with van der Waals surface area (Å²) in [5, 5.41) is 0. The van der Waals surface area contributed by atoms with Crippen LogP contribution in [0.3, 0.4) is 0 Å². The Hall–Kier alpha value is -0.480. The number of hydrogen-bond acceptors (Lipinski definition) is 6. The molecule has 0 aromatic rings. The normalized spacial score (nSPS) is 26.9. The van der Waals surface area contributed by atoms with Crippen molar-refractivity contribution >= 4 is 0 Å². The second-order valence-electron chi connectivity index (χ2n) is 34.4. The molecular formula is C82H182N12+6. The van der Waals surface area contributed by atoms with Crippen LogP contribution in [0.2, 0.25) is 0 Å². The van der Waals surface area contributed by atoms with E-state index in [1.165, 1.54) is 262 Å². The molecule has 12 heteroatoms. The van der Waals surface area contributed by atoms with Crippen LogP contribution in [0.1, 0.15) is 312 Å². The quantitative estimate of drug-likeness (QED) is 0.0663. The molecule has 6 aliphatic rings. The third-order valence-corrected chi connectivity index (χ3v) is 29.0. The summed E-state index contributed by atoms with van der Waals surface area (Å²) >= 11 is 0. The van der Waals surface area contributed by atoms with Gasteiger partial charge in [0.1, 0.15) is 58.1 Å². The Balaban J connectivity index is 0.000000565. The molecule has 8 atom stereocenters. The highest BCUT2D eigenvalue weighted by atomic mass is 15.6. The highest BCUT2D eigenvalue weighted by Gasteiger charge is 2.51. The molecule has 94 heavy (non-hydrogen) atoms. The van der Waals surface area contributed by atoms with Crippen LogP contribution in [-0.2, 0) is 0 Å². The number of rotatable bonds is 30. The standard InChI is InChI=1S/2C15H33N2.2C14H31N2.2C12H27N2/c1-7-11-14-12-17(9-3,10-4)13-16(14)15(5,6)8-2;1-7-11-14-12-16(15(5,6)8-2)13-17(14,9-3)10-4;1-7-13-11-16(9-3,10-4)12-15(13)14(5,6)8-2;1-7-13-11-15(14(5,6)8-2)12-16(13,9-3)10-4;1-6-11(4)13-10-14(7-2,8-3)9-12(13)5;1-6-11(4)13-9-12(5)14(7-2,8-3)10-13/h2*14H,7-13H2,1-6H3;2*13H,7-12H2,1-6H3;2*11-12H,6-10H2,1-5H3/q6*+1. The van der Waals surface area contributed by atoms with Crippen molar-refractivity contribution in [3.63, 3.8) is 0 Å². The van der Waals surface area contributed by atoms with E-state index in [4.69, 9.17) is 0 Å². The monoisotopic (exact) mass is 1340 g/mol. The van der Waals surface area contributed by atoms with Gasteiger partial charge in [-0.15, -0.1) is 0 Å². The zero-order valence-corrected chi connectivity index (χ0v) is 71.4. The van der Waals surface area contributed by atoms with Gasteiger partial charge in [-0.05, 0) is 224 Å². The van der Waals surface area contributed by atoms with E-state index in [2.05, 4.69) is 265 Å². The van der Waals surface area contributed by atoms with Crippen LogP contribution in [0, 0.1) is 0 Å². The third-order valence-electron chi connectivity index (χ3n) is 29.0. The van der Waals surface area contributed by atoms with Gasteiger partial charge in [0.15, 0.2) is 0 Å². The fourth-order valence-corrected chi connectivity index (χ4v) is 17.9. The van der Waals surface area contributed by atoms with Crippen LogP contribution >= 0.6 is 0 Å². The van der Waals surface area contributed by atoms with Crippen molar-refractivity contribution in [3.05, 3.63) is 0 Å². The second-order valence-corrected chi connectivity index (χ2v) is 34.4. The molecule has 6 fully saturated rings. The highest BCUT2D eigenvalue weighted by molar-refractivity contribution is 4.90. The summed E-state index contributed by atoms with van der Waals surface area (Å²) in [5.74, 6) is 0. The molecule has 8 unspecified atom stereocenters. The lowest BCUT2D eigenvalue weighted by atomic mass is 9.97. The van der Waals surface area contributed by atoms with Crippen molar-refractivity contribution in [3.8, 4) is 0 Å². The van der Waals surface area contributed by atoms with E-state index < -0.39 is 0 Å². The van der Waals surface area contributed by atoms with Gasteiger partial charge < -0.3 is 26.9 Å². The Morgan fingerprint density at radius 3 is 1.02 bits per heavy atom. The van der Waals surface area contributed by atoms with Gasteiger partial charge >= 0.3 is 0 Å². The van der Waals surface area contributed by atoms with Gasteiger partial charge in [0.05, 0.1) is 136 Å². The van der Waals surface area contributed by atoms with Crippen molar-refractivity contribution in [2.45, 2.75) is 383 Å². The van der Waals surface area contributed by atoms with Gasteiger partial charge in [0, 0.05) is 40.7 Å². The first kappa shape index (κ1) is 91.5. The molecule has 12 nitrogen and oxygen atoms in total. The first-order chi connectivity index (χ1) is 44.0. The minimum atomic E-state index is 0.365. The summed E-state index contributed by atoms with van der Waals surface area (Å²) in [5.41, 5.74) is 1.48. The molecule has 564 valence electrons. The molecule has 6 aliphatic heterocycles. The molecule has 6 heterocycles. The fourth-order valence-electron chi connectivity index (χ4n) is 17.9. The zero-order valence-electron chi connectivity index (χ0n) is 71.4. The SMILES string of the molecule is CCC(C)N1CC(C)[N+](CC)(CC)C1.CCC(C)N1C[N+](CC)(CC)CC1C.CCC1CN(C(C)(C)CC)C[N+]1(CC)CC.CCC1C[N+](CC)(CC)CN1C(C)(C)CC.CCCC1CN(C(C)(C)CC)C[N+]1(CC)CC.CCCC1C[N+](CC)(CC)CN1C(C)(C)CC. The lowest BCUT2D eigenvalue weighted by Gasteiger charge is -2.39. The van der Waals surface area contributed by atoms with Crippen LogP contribution in [0.25, 0.3) is 0 Å². The molecule has 0 aromatic heterocycles. The van der Waals surface area contributed by atoms with Gasteiger partial charge in [0.2, 0.25) is 0 Å². The first-order valence-corrected chi connectivity index (χ1v) is 41.6. The molecule has 0 N–H and O–H groups in total. The fraction of sp³-hybridized carbons (Fsp3) is 1.00. The zero-order chi connectivity index (χ0) is 72.5. The molecule has 0 saturated carbocycles. The minimum absolute atomic E-state index is 0.365. The van der Waals surface area contributed by atoms with E-state index in [9.17, 15) is 0 Å². The smallest absolute Gasteiger partial charge is 0.135 e. The number of likely N-dealkylation sites (N-methyl/N-ethyl adjacent to an activating group) is 6. The Morgan fingerprint density at radius 2 is 0.713 bits per heavy atom. The Labute approximate surface area is 594 Å². The third kappa shape index (κ3) is 23.0. The predicted molar refractivity (Wildman–Crippen MR) is 419 cm³/mol. The van der Waals surface area contributed by atoms with E-state index in [-0.39, 0.29) is 0 Å². The average Bonchev–Trinajstić information content (AvgIpc) is 1.67. The van der Waals surface area contributed by atoms with Gasteiger partial charge in [-0.2, -0.15) is 0 Å². The van der Waals surface area contributed by atoms with Crippen molar-refractivity contribution in [2.75, 3.05) is 158 Å². The Morgan fingerprint density at radius 1 is 0.351 bits per heavy atom. The van der Waals surface area contributed by atoms with Crippen LogP contribution in [0.5, 0.6) is 0 Å². The Bertz CT molecular complexity index is 1960. The van der Waals surface area contributed by atoms with E-state index in [0.29, 0.717) is 22.2 Å². The van der Waals surface area contributed by atoms with Gasteiger partial charge in [-0.1, -0.05) is 82.1 Å². The van der Waals surface area contributed by atoms with Crippen LogP contribution in [0.4, 0.5) is 0 Å². The van der Waals surface area contributed by atoms with Crippen molar-refractivity contribution < 1.29 is 26.9 Å². The second kappa shape index (κ2) is 41.0. The highest BCUT2D eigenvalue weighted by Crippen LogP contribution is 2.37. The van der Waals surface area contributed by atoms with E-state index >= 15 is 0 Å². The first-order valence-electron chi connectivity index (χ1n) is 41.6. The molecule has 0 amide bonds. The summed E-state index contributed by atoms with van der Waals surface area (Å²) in [4.78, 5) is 16.4. The summed E-state index contributed by atoms with van der Waals surface area (Å²) in [7, 11) is 0. The Kier molecular flexibility index (Phi) is 39.9. The summed E-state index contributed by atoms with van der Waals surface area (Å²) in [6, 6.07) is 6.40. The van der Waals surface area contributed by atoms with Crippen LogP contribution in [0.15, 0.2) is 0 Å². The maximum atomic E-state index is 2.80. The molecule has 0 aliphatic carbocycles. The van der Waals surface area contributed by atoms with E-state index in [0.717, 1.165) is 48.3 Å². The predicted octanol–water partition coefficient (Wildman–Crippen LogP) is 17.7. The topological polar surface area (TPSA) is 19.4 Å². The summed E-state index contributed by atoms with van der Waals surface area (Å²) in [6.45, 7) is 111. The van der Waals surface area contributed by atoms with Crippen molar-refractivity contribution in [1.82, 2.24) is 29.4 Å². The van der Waals surface area contributed by atoms with Crippen molar-refractivity contribution in [2.24, 2.45) is 0 Å². The maximum absolute atomic E-state index is 2.80. The maximum Gasteiger partial charge on any atom is 0.135 e. The molecular weight excluding hydrogens is 1150 g/mol. The molecule has 6 saturated heterocycles. The van der Waals surface area contributed by atoms with Gasteiger partial charge in [-0.25, -0.2) is 29.4 Å². The van der Waals surface area contributed by atoms with Gasteiger partial charge in [-0.3, -0.25) is 0 Å². The molecule has 0 bridgehead atoms. The summed E-state index contributed by atoms with van der Waals surface area (Å²) < 4.78 is 7.81. The van der Waals surface area contributed by atoms with Gasteiger partial charge in [0.25, 0.3) is 0 Å². The number of quaternary nitrogens is 6. The van der Waals surface area contributed by atoms with E-state index in [1.54, 1.807) is 0 Å². The van der Waals surface area contributed by atoms with Crippen molar-refractivity contribution in [1.29, 1.82) is 0 Å². The van der Waals surface area contributed by atoms with Crippen LogP contribution < -0.4 is 0 Å². The summed E-state index contributed by atoms with van der Waals surface area (Å²) in [6.07, 6.45) is 15.5.